The summed E-state index contributed by atoms with van der Waals surface area (Å²) in [5.74, 6) is 0.0209. The average molecular weight is 621 g/mol. The van der Waals surface area contributed by atoms with Crippen LogP contribution in [0.1, 0.15) is 61.1 Å². The fourth-order valence-electron chi connectivity index (χ4n) is 6.88. The third kappa shape index (κ3) is 4.95. The van der Waals surface area contributed by atoms with Gasteiger partial charge in [-0.05, 0) is 56.1 Å². The molecule has 0 bridgehead atoms. The second-order valence-electron chi connectivity index (χ2n) is 11.7. The summed E-state index contributed by atoms with van der Waals surface area (Å²) in [6, 6.07) is 5.55. The zero-order chi connectivity index (χ0) is 29.7. The van der Waals surface area contributed by atoms with Gasteiger partial charge in [-0.3, -0.25) is 18.6 Å². The molecule has 1 atom stereocenters. The number of benzene rings is 1. The fraction of sp³-hybridized carbons (Fsp3) is 0.433. The van der Waals surface area contributed by atoms with Crippen molar-refractivity contribution in [1.82, 2.24) is 23.9 Å². The van der Waals surface area contributed by atoms with E-state index in [-0.39, 0.29) is 5.41 Å². The largest absolute Gasteiger partial charge is 0.493 e. The number of carbonyl (C=O) groups is 1. The minimum absolute atomic E-state index is 0.265. The second kappa shape index (κ2) is 11.1. The van der Waals surface area contributed by atoms with Gasteiger partial charge in [-0.25, -0.2) is 9.97 Å². The van der Waals surface area contributed by atoms with Gasteiger partial charge in [-0.1, -0.05) is 35.9 Å². The van der Waals surface area contributed by atoms with Gasteiger partial charge in [-0.15, -0.1) is 0 Å². The number of fused-ring (bicyclic) bond motifs is 2. The number of hydrogen-bond donors (Lipinski definition) is 3. The monoisotopic (exact) mass is 620 g/mol. The van der Waals surface area contributed by atoms with Crippen molar-refractivity contribution >= 4 is 46.6 Å². The third-order valence-corrected chi connectivity index (χ3v) is 10.9. The first-order chi connectivity index (χ1) is 20.8. The van der Waals surface area contributed by atoms with Crippen molar-refractivity contribution in [1.29, 1.82) is 0 Å². The van der Waals surface area contributed by atoms with Gasteiger partial charge >= 0.3 is 0 Å². The molecule has 13 heteroatoms. The van der Waals surface area contributed by atoms with E-state index < -0.39 is 22.9 Å². The Labute approximate surface area is 257 Å². The number of aryl methyl sites for hydroxylation is 1. The highest BCUT2D eigenvalue weighted by atomic mass is 35.5. The van der Waals surface area contributed by atoms with Gasteiger partial charge in [0.1, 0.15) is 5.82 Å². The second-order valence-corrected chi connectivity index (χ2v) is 13.2. The Balaban J connectivity index is 1.12. The van der Waals surface area contributed by atoms with Crippen LogP contribution >= 0.6 is 23.4 Å². The number of hydrogen-bond acceptors (Lipinski definition) is 9. The number of piperidine rings is 1. The van der Waals surface area contributed by atoms with Crippen molar-refractivity contribution < 1.29 is 9.90 Å². The normalized spacial score (nSPS) is 19.6. The Kier molecular flexibility index (Phi) is 7.30. The van der Waals surface area contributed by atoms with Crippen molar-refractivity contribution in [2.75, 3.05) is 23.3 Å². The number of nitrogens with two attached hydrogens (primary N) is 1. The maximum absolute atomic E-state index is 13.2. The van der Waals surface area contributed by atoms with E-state index >= 15 is 0 Å². The van der Waals surface area contributed by atoms with Crippen LogP contribution in [0, 0.1) is 5.41 Å². The first-order valence-corrected chi connectivity index (χ1v) is 16.0. The highest BCUT2D eigenvalue weighted by Crippen LogP contribution is 2.46. The summed E-state index contributed by atoms with van der Waals surface area (Å²) >= 11 is 8.16. The minimum Gasteiger partial charge on any atom is -0.493 e. The summed E-state index contributed by atoms with van der Waals surface area (Å²) in [6.45, 7) is 2.29. The van der Waals surface area contributed by atoms with Crippen LogP contribution in [0.2, 0.25) is 5.02 Å². The van der Waals surface area contributed by atoms with E-state index in [0.29, 0.717) is 40.4 Å². The lowest BCUT2D eigenvalue weighted by molar-refractivity contribution is 0.102. The summed E-state index contributed by atoms with van der Waals surface area (Å²) < 4.78 is 3.47. The number of imidazole rings is 1. The molecule has 3 aromatic heterocycles. The molecule has 1 aromatic carbocycles. The number of carbonyl (C=O) groups excluding carboxylic acids is 1. The lowest BCUT2D eigenvalue weighted by atomic mass is 9.74. The van der Waals surface area contributed by atoms with Gasteiger partial charge < -0.3 is 21.1 Å². The number of amides is 1. The van der Waals surface area contributed by atoms with Crippen molar-refractivity contribution in [3.63, 3.8) is 0 Å². The summed E-state index contributed by atoms with van der Waals surface area (Å²) in [4.78, 5) is 43.6. The van der Waals surface area contributed by atoms with Gasteiger partial charge in [-0.2, -0.15) is 4.98 Å². The number of anilines is 2. The fourth-order valence-corrected chi connectivity index (χ4v) is 8.10. The summed E-state index contributed by atoms with van der Waals surface area (Å²) in [5.41, 5.74) is 6.89. The van der Waals surface area contributed by atoms with Gasteiger partial charge in [0.2, 0.25) is 11.8 Å². The molecular formula is C30H33ClN8O3S. The molecule has 11 nitrogen and oxygen atoms in total. The van der Waals surface area contributed by atoms with Crippen LogP contribution in [0.15, 0.2) is 51.4 Å². The Morgan fingerprint density at radius 1 is 1.12 bits per heavy atom. The SMILES string of the molecule is NC1CCCC12CCN(c1ncc(Sc3cccc(NC(=O)c4c(O)nc5n(c4=O)CCCC5)c3Cl)c3nccn13)CC2. The first-order valence-electron chi connectivity index (χ1n) is 14.8. The molecule has 2 aliphatic heterocycles. The molecule has 224 valence electrons. The van der Waals surface area contributed by atoms with E-state index in [1.807, 2.05) is 22.9 Å². The van der Waals surface area contributed by atoms with Crippen molar-refractivity contribution in [3.8, 4) is 5.88 Å². The smallest absolute Gasteiger partial charge is 0.270 e. The maximum atomic E-state index is 13.2. The van der Waals surface area contributed by atoms with Crippen molar-refractivity contribution in [2.24, 2.45) is 11.1 Å². The number of aromatic hydroxyl groups is 1. The Bertz CT molecular complexity index is 1780. The average Bonchev–Trinajstić information content (AvgIpc) is 3.63. The lowest BCUT2D eigenvalue weighted by Crippen LogP contribution is -2.47. The first kappa shape index (κ1) is 28.2. The van der Waals surface area contributed by atoms with Crippen LogP contribution < -0.4 is 21.5 Å². The molecule has 4 aromatic rings. The number of nitrogens with one attached hydrogen (secondary N) is 1. The van der Waals surface area contributed by atoms with E-state index in [1.54, 1.807) is 18.3 Å². The van der Waals surface area contributed by atoms with E-state index in [2.05, 4.69) is 20.2 Å². The number of nitrogens with zero attached hydrogens (tertiary/aromatic N) is 6. The molecule has 1 spiro atoms. The quantitative estimate of drug-likeness (QED) is 0.294. The van der Waals surface area contributed by atoms with Crippen LogP contribution in [0.4, 0.5) is 11.6 Å². The topological polar surface area (TPSA) is 144 Å². The molecule has 43 heavy (non-hydrogen) atoms. The van der Waals surface area contributed by atoms with Crippen molar-refractivity contribution in [2.45, 2.75) is 73.7 Å². The van der Waals surface area contributed by atoms with E-state index in [9.17, 15) is 14.7 Å². The zero-order valence-electron chi connectivity index (χ0n) is 23.6. The number of halogens is 1. The van der Waals surface area contributed by atoms with Crippen LogP contribution in [0.3, 0.4) is 0 Å². The summed E-state index contributed by atoms with van der Waals surface area (Å²) in [6.07, 6.45) is 13.5. The number of rotatable bonds is 5. The molecule has 1 aliphatic carbocycles. The molecule has 0 radical (unpaired) electrons. The molecule has 5 heterocycles. The molecular weight excluding hydrogens is 588 g/mol. The number of aromatic nitrogens is 5. The maximum Gasteiger partial charge on any atom is 0.270 e. The van der Waals surface area contributed by atoms with Crippen molar-refractivity contribution in [3.05, 3.63) is 63.6 Å². The Morgan fingerprint density at radius 3 is 2.74 bits per heavy atom. The predicted molar refractivity (Wildman–Crippen MR) is 165 cm³/mol. The Hall–Kier alpha value is -3.61. The van der Waals surface area contributed by atoms with E-state index in [4.69, 9.17) is 22.3 Å². The molecule has 1 saturated carbocycles. The summed E-state index contributed by atoms with van der Waals surface area (Å²) in [7, 11) is 0. The highest BCUT2D eigenvalue weighted by Gasteiger charge is 2.43. The predicted octanol–water partition coefficient (Wildman–Crippen LogP) is 4.48. The standard InChI is InChI=1S/C30H33ClN8O3S/c31-24-18(35-26(40)23-27(41)36-22-8-1-2-13-38(22)28(23)42)5-3-6-19(24)43-20-17-34-29(39-16-12-33-25(20)39)37-14-10-30(11-15-37)9-4-7-21(30)32/h3,5-6,12,16-17,21,41H,1-2,4,7-11,13-15,32H2,(H,35,40). The van der Waals surface area contributed by atoms with E-state index in [1.165, 1.54) is 29.2 Å². The van der Waals surface area contributed by atoms with Gasteiger partial charge in [0.25, 0.3) is 11.5 Å². The van der Waals surface area contributed by atoms with Gasteiger partial charge in [0.15, 0.2) is 11.2 Å². The van der Waals surface area contributed by atoms with Gasteiger partial charge in [0, 0.05) is 55.6 Å². The van der Waals surface area contributed by atoms with E-state index in [0.717, 1.165) is 61.7 Å². The molecule has 4 N–H and O–H groups in total. The highest BCUT2D eigenvalue weighted by molar-refractivity contribution is 7.99. The van der Waals surface area contributed by atoms with Gasteiger partial charge in [0.05, 0.1) is 15.6 Å². The molecule has 7 rings (SSSR count). The molecule has 3 aliphatic rings. The molecule has 2 fully saturated rings. The lowest BCUT2D eigenvalue weighted by Gasteiger charge is -2.42. The molecule has 1 amide bonds. The molecule has 1 saturated heterocycles. The Morgan fingerprint density at radius 2 is 1.95 bits per heavy atom. The minimum atomic E-state index is -0.761. The van der Waals surface area contributed by atoms with Crippen LogP contribution in [0.5, 0.6) is 5.88 Å². The summed E-state index contributed by atoms with van der Waals surface area (Å²) in [5, 5.41) is 13.4. The van der Waals surface area contributed by atoms with Crippen LogP contribution in [-0.2, 0) is 13.0 Å². The zero-order valence-corrected chi connectivity index (χ0v) is 25.2. The third-order valence-electron chi connectivity index (χ3n) is 9.31. The van der Waals surface area contributed by atoms with Crippen LogP contribution in [-0.4, -0.2) is 54.1 Å². The van der Waals surface area contributed by atoms with Crippen LogP contribution in [0.25, 0.3) is 5.65 Å². The molecule has 1 unspecified atom stereocenters.